The summed E-state index contributed by atoms with van der Waals surface area (Å²) in [4.78, 5) is 11.9. The van der Waals surface area contributed by atoms with E-state index in [1.807, 2.05) is 0 Å². The Hall–Kier alpha value is -1.42. The summed E-state index contributed by atoms with van der Waals surface area (Å²) in [6.07, 6.45) is 3.68. The van der Waals surface area contributed by atoms with Crippen LogP contribution in [0.4, 0.5) is 10.5 Å². The zero-order valence-electron chi connectivity index (χ0n) is 11.8. The normalized spacial score (nSPS) is 22.1. The molecule has 0 bridgehead atoms. The van der Waals surface area contributed by atoms with E-state index in [1.54, 1.807) is 18.2 Å². The highest BCUT2D eigenvalue weighted by Crippen LogP contribution is 2.29. The summed E-state index contributed by atoms with van der Waals surface area (Å²) in [5.74, 6) is 1.25. The molecule has 1 aliphatic rings. The van der Waals surface area contributed by atoms with Crippen LogP contribution >= 0.6 is 11.6 Å². The molecular formula is C15H20ClNO3. The first-order valence-corrected chi connectivity index (χ1v) is 7.27. The molecule has 5 heteroatoms. The third kappa shape index (κ3) is 4.04. The van der Waals surface area contributed by atoms with Crippen molar-refractivity contribution in [1.29, 1.82) is 0 Å². The number of halogens is 1. The van der Waals surface area contributed by atoms with Crippen molar-refractivity contribution in [3.05, 3.63) is 23.2 Å². The Morgan fingerprint density at radius 1 is 1.30 bits per heavy atom. The molecule has 1 aromatic carbocycles. The molecule has 2 rings (SSSR count). The number of hydrogen-bond donors (Lipinski definition) is 1. The molecule has 0 spiro atoms. The van der Waals surface area contributed by atoms with Crippen LogP contribution < -0.4 is 10.1 Å². The van der Waals surface area contributed by atoms with Crippen LogP contribution in [0.2, 0.25) is 5.02 Å². The molecule has 1 amide bonds. The summed E-state index contributed by atoms with van der Waals surface area (Å²) >= 11 is 5.88. The van der Waals surface area contributed by atoms with Gasteiger partial charge in [-0.1, -0.05) is 18.5 Å². The summed E-state index contributed by atoms with van der Waals surface area (Å²) in [5, 5.41) is 3.26. The number of anilines is 1. The molecule has 1 saturated carbocycles. The molecule has 1 aromatic rings. The van der Waals surface area contributed by atoms with Crippen molar-refractivity contribution in [3.63, 3.8) is 0 Å². The van der Waals surface area contributed by atoms with Crippen LogP contribution in [0.15, 0.2) is 18.2 Å². The first-order valence-electron chi connectivity index (χ1n) is 6.89. The smallest absolute Gasteiger partial charge is 0.412 e. The summed E-state index contributed by atoms with van der Waals surface area (Å²) in [7, 11) is 1.53. The number of methoxy groups -OCH3 is 1. The molecule has 0 radical (unpaired) electrons. The summed E-state index contributed by atoms with van der Waals surface area (Å²) in [6.45, 7) is 2.23. The lowest BCUT2D eigenvalue weighted by atomic mass is 9.89. The lowest BCUT2D eigenvalue weighted by Crippen LogP contribution is -2.26. The zero-order chi connectivity index (χ0) is 14.5. The SMILES string of the molecule is COc1cc(Cl)ccc1NC(=O)OC1CCC(C)CC1. The third-order valence-electron chi connectivity index (χ3n) is 3.64. The molecule has 110 valence electrons. The van der Waals surface area contributed by atoms with Gasteiger partial charge in [-0.15, -0.1) is 0 Å². The van der Waals surface area contributed by atoms with Gasteiger partial charge in [-0.2, -0.15) is 0 Å². The van der Waals surface area contributed by atoms with Crippen LogP contribution in [0.5, 0.6) is 5.75 Å². The Morgan fingerprint density at radius 3 is 2.65 bits per heavy atom. The Bertz CT molecular complexity index is 470. The minimum absolute atomic E-state index is 0.0181. The quantitative estimate of drug-likeness (QED) is 0.895. The van der Waals surface area contributed by atoms with E-state index in [4.69, 9.17) is 21.1 Å². The molecule has 0 aliphatic heterocycles. The van der Waals surface area contributed by atoms with Crippen molar-refractivity contribution < 1.29 is 14.3 Å². The predicted octanol–water partition coefficient (Wildman–Crippen LogP) is 4.48. The minimum Gasteiger partial charge on any atom is -0.495 e. The second-order valence-corrected chi connectivity index (χ2v) is 5.69. The molecule has 1 N–H and O–H groups in total. The van der Waals surface area contributed by atoms with E-state index >= 15 is 0 Å². The molecule has 0 heterocycles. The van der Waals surface area contributed by atoms with E-state index in [1.165, 1.54) is 7.11 Å². The van der Waals surface area contributed by atoms with Gasteiger partial charge in [-0.25, -0.2) is 4.79 Å². The van der Waals surface area contributed by atoms with Gasteiger partial charge >= 0.3 is 6.09 Å². The van der Waals surface area contributed by atoms with E-state index in [0.717, 1.165) is 31.6 Å². The molecule has 20 heavy (non-hydrogen) atoms. The maximum atomic E-state index is 11.9. The fourth-order valence-electron chi connectivity index (χ4n) is 2.41. The number of hydrogen-bond acceptors (Lipinski definition) is 3. The molecular weight excluding hydrogens is 278 g/mol. The van der Waals surface area contributed by atoms with Gasteiger partial charge in [0.05, 0.1) is 12.8 Å². The van der Waals surface area contributed by atoms with Crippen LogP contribution in [0, 0.1) is 5.92 Å². The highest BCUT2D eigenvalue weighted by molar-refractivity contribution is 6.30. The average Bonchev–Trinajstić information content (AvgIpc) is 2.43. The topological polar surface area (TPSA) is 47.6 Å². The molecule has 4 nitrogen and oxygen atoms in total. The number of nitrogens with one attached hydrogen (secondary N) is 1. The van der Waals surface area contributed by atoms with Gasteiger partial charge in [0.2, 0.25) is 0 Å². The van der Waals surface area contributed by atoms with E-state index in [0.29, 0.717) is 16.5 Å². The first-order chi connectivity index (χ1) is 9.58. The molecule has 0 atom stereocenters. The Labute approximate surface area is 124 Å². The van der Waals surface area contributed by atoms with Gasteiger partial charge < -0.3 is 9.47 Å². The van der Waals surface area contributed by atoms with Crippen LogP contribution in [-0.4, -0.2) is 19.3 Å². The van der Waals surface area contributed by atoms with Gasteiger partial charge in [0.15, 0.2) is 0 Å². The maximum absolute atomic E-state index is 11.9. The second-order valence-electron chi connectivity index (χ2n) is 5.26. The highest BCUT2D eigenvalue weighted by atomic mass is 35.5. The van der Waals surface area contributed by atoms with Crippen LogP contribution in [0.3, 0.4) is 0 Å². The molecule has 0 saturated heterocycles. The maximum Gasteiger partial charge on any atom is 0.412 e. The van der Waals surface area contributed by atoms with Crippen molar-refractivity contribution in [2.75, 3.05) is 12.4 Å². The number of carbonyl (C=O) groups is 1. The Morgan fingerprint density at radius 2 is 2.00 bits per heavy atom. The second kappa shape index (κ2) is 6.84. The van der Waals surface area contributed by atoms with Crippen LogP contribution in [0.1, 0.15) is 32.6 Å². The van der Waals surface area contributed by atoms with Crippen LogP contribution in [-0.2, 0) is 4.74 Å². The largest absolute Gasteiger partial charge is 0.495 e. The summed E-state index contributed by atoms with van der Waals surface area (Å²) in [6, 6.07) is 5.05. The van der Waals surface area contributed by atoms with Gasteiger partial charge in [-0.05, 0) is 43.7 Å². The third-order valence-corrected chi connectivity index (χ3v) is 3.87. The van der Waals surface area contributed by atoms with Gasteiger partial charge in [0.1, 0.15) is 11.9 Å². The number of rotatable bonds is 3. The van der Waals surface area contributed by atoms with E-state index in [-0.39, 0.29) is 6.10 Å². The van der Waals surface area contributed by atoms with Gasteiger partial charge in [0, 0.05) is 11.1 Å². The predicted molar refractivity (Wildman–Crippen MR) is 79.5 cm³/mol. The first kappa shape index (κ1) is 15.0. The number of ether oxygens (including phenoxy) is 2. The van der Waals surface area contributed by atoms with E-state index in [2.05, 4.69) is 12.2 Å². The highest BCUT2D eigenvalue weighted by Gasteiger charge is 2.21. The molecule has 1 aliphatic carbocycles. The fraction of sp³-hybridized carbons (Fsp3) is 0.533. The van der Waals surface area contributed by atoms with Crippen molar-refractivity contribution in [2.24, 2.45) is 5.92 Å². The van der Waals surface area contributed by atoms with Gasteiger partial charge in [0.25, 0.3) is 0 Å². The molecule has 0 aromatic heterocycles. The van der Waals surface area contributed by atoms with Gasteiger partial charge in [-0.3, -0.25) is 5.32 Å². The lowest BCUT2D eigenvalue weighted by molar-refractivity contribution is 0.0765. The van der Waals surface area contributed by atoms with Crippen molar-refractivity contribution in [3.8, 4) is 5.75 Å². The summed E-state index contributed by atoms with van der Waals surface area (Å²) in [5.41, 5.74) is 0.561. The monoisotopic (exact) mass is 297 g/mol. The molecule has 0 unspecified atom stereocenters. The standard InChI is InChI=1S/C15H20ClNO3/c1-10-3-6-12(7-4-10)20-15(18)17-13-8-5-11(16)9-14(13)19-2/h5,8-10,12H,3-4,6-7H2,1-2H3,(H,17,18). The minimum atomic E-state index is -0.440. The zero-order valence-corrected chi connectivity index (χ0v) is 12.6. The lowest BCUT2D eigenvalue weighted by Gasteiger charge is -2.26. The van der Waals surface area contributed by atoms with E-state index < -0.39 is 6.09 Å². The average molecular weight is 298 g/mol. The number of amides is 1. The Balaban J connectivity index is 1.91. The molecule has 1 fully saturated rings. The van der Waals surface area contributed by atoms with Crippen molar-refractivity contribution in [2.45, 2.75) is 38.7 Å². The van der Waals surface area contributed by atoms with Crippen molar-refractivity contribution in [1.82, 2.24) is 0 Å². The van der Waals surface area contributed by atoms with Crippen LogP contribution in [0.25, 0.3) is 0 Å². The Kier molecular flexibility index (Phi) is 5.12. The fourth-order valence-corrected chi connectivity index (χ4v) is 2.57. The number of carbonyl (C=O) groups excluding carboxylic acids is 1. The number of benzene rings is 1. The van der Waals surface area contributed by atoms with E-state index in [9.17, 15) is 4.79 Å². The van der Waals surface area contributed by atoms with Crippen molar-refractivity contribution >= 4 is 23.4 Å². The summed E-state index contributed by atoms with van der Waals surface area (Å²) < 4.78 is 10.6.